The normalized spacial score (nSPS) is 11.5. The third kappa shape index (κ3) is 34.4. The quantitative estimate of drug-likeness (QED) is 0.477. The summed E-state index contributed by atoms with van der Waals surface area (Å²) >= 11 is 0. The predicted octanol–water partition coefficient (Wildman–Crippen LogP) is 1.52. The smallest absolute Gasteiger partial charge is 0.0777 e. The van der Waals surface area contributed by atoms with Gasteiger partial charge in [0.25, 0.3) is 0 Å². The second-order valence-corrected chi connectivity index (χ2v) is 7.03. The Bertz CT molecular complexity index is 203. The van der Waals surface area contributed by atoms with Crippen LogP contribution in [0.4, 0.5) is 0 Å². The Hall–Kier alpha value is 0.0900. The summed E-state index contributed by atoms with van der Waals surface area (Å²) in [6.45, 7) is 7.19. The first-order valence-corrected chi connectivity index (χ1v) is 10.4. The second-order valence-electron chi connectivity index (χ2n) is 6.23. The third-order valence-electron chi connectivity index (χ3n) is 3.79. The zero-order valence-electron chi connectivity index (χ0n) is 15.4. The fourth-order valence-corrected chi connectivity index (χ4v) is 2.44. The molecule has 0 saturated heterocycles. The van der Waals surface area contributed by atoms with E-state index in [1.807, 2.05) is 0 Å². The van der Waals surface area contributed by atoms with Crippen molar-refractivity contribution >= 4 is 0 Å². The van der Waals surface area contributed by atoms with Crippen LogP contribution in [0.2, 0.25) is 0 Å². The lowest BCUT2D eigenvalue weighted by Gasteiger charge is -2.16. The fraction of sp³-hybridized carbons (Fsp3) is 1.00. The molecule has 23 heavy (non-hydrogen) atoms. The maximum atomic E-state index is 8.60. The first-order valence-electron chi connectivity index (χ1n) is 9.13. The zero-order chi connectivity index (χ0) is 18.0. The lowest BCUT2D eigenvalue weighted by molar-refractivity contribution is -1.92. The van der Waals surface area contributed by atoms with E-state index in [9.17, 15) is 0 Å². The van der Waals surface area contributed by atoms with Crippen molar-refractivity contribution in [3.63, 3.8) is 0 Å². The molecule has 0 radical (unpaired) electrons. The predicted molar refractivity (Wildman–Crippen MR) is 86.5 cm³/mol. The van der Waals surface area contributed by atoms with Gasteiger partial charge >= 0.3 is 0 Å². The minimum Gasteiger partial charge on any atom is -0.306 e. The summed E-state index contributed by atoms with van der Waals surface area (Å²) in [6, 6.07) is 0. The van der Waals surface area contributed by atoms with Gasteiger partial charge in [0.05, 0.1) is 14.9 Å². The highest BCUT2D eigenvalue weighted by Gasteiger charge is 1.99. The van der Waals surface area contributed by atoms with E-state index in [0.717, 1.165) is 0 Å². The van der Waals surface area contributed by atoms with Crippen molar-refractivity contribution in [3.8, 4) is 0 Å². The van der Waals surface area contributed by atoms with E-state index in [1.165, 1.54) is 90.1 Å². The van der Waals surface area contributed by atoms with Crippen LogP contribution < -0.4 is 14.0 Å². The van der Waals surface area contributed by atoms with Gasteiger partial charge in [-0.05, 0) is 33.0 Å². The molecule has 6 heteroatoms. The van der Waals surface area contributed by atoms with Gasteiger partial charge in [0.2, 0.25) is 0 Å². The van der Waals surface area contributed by atoms with Crippen molar-refractivity contribution in [2.45, 2.75) is 90.9 Å². The summed E-state index contributed by atoms with van der Waals surface area (Å²) in [7, 11) is -2.40. The molecular weight excluding hydrogens is 318 g/mol. The van der Waals surface area contributed by atoms with Gasteiger partial charge in [0.1, 0.15) is 0 Å². The largest absolute Gasteiger partial charge is 0.306 e. The van der Waals surface area contributed by atoms with Crippen LogP contribution in [-0.4, -0.2) is 29.7 Å². The molecule has 142 valence electrons. The van der Waals surface area contributed by atoms with Gasteiger partial charge in [-0.2, -0.15) is 14.0 Å². The molecule has 0 aliphatic rings. The van der Waals surface area contributed by atoms with Crippen LogP contribution in [0.3, 0.4) is 0 Å². The van der Waals surface area contributed by atoms with Crippen LogP contribution in [0.1, 0.15) is 90.9 Å². The number of hydrogen-bond donors (Lipinski definition) is 1. The van der Waals surface area contributed by atoms with Crippen LogP contribution in [-0.2, 0) is 0 Å². The number of hydrogen-bond acceptors (Lipinski definition) is 5. The summed E-state index contributed by atoms with van der Waals surface area (Å²) in [6.07, 6.45) is 17.0. The lowest BCUT2D eigenvalue weighted by atomic mass is 10.1. The van der Waals surface area contributed by atoms with Gasteiger partial charge in [-0.1, -0.05) is 78.1 Å². The van der Waals surface area contributed by atoms with Gasteiger partial charge < -0.3 is 4.90 Å². The van der Waals surface area contributed by atoms with Gasteiger partial charge in [-0.25, -0.2) is 0 Å². The summed E-state index contributed by atoms with van der Waals surface area (Å²) in [5.41, 5.74) is 0. The highest BCUT2D eigenvalue weighted by Crippen LogP contribution is 2.07. The molecule has 0 spiro atoms. The fourth-order valence-electron chi connectivity index (χ4n) is 2.44. The Morgan fingerprint density at radius 1 is 0.652 bits per heavy atom. The Labute approximate surface area is 145 Å². The molecule has 0 bridgehead atoms. The van der Waals surface area contributed by atoms with E-state index >= 15 is 0 Å². The van der Waals surface area contributed by atoms with E-state index < -0.39 is 10.2 Å². The standard InChI is InChI=1S/C17H37N.ClHO4/c1-4-6-8-10-12-14-16-18(3)17-15-13-11-9-7-5-2;2-1(3,4)5/h4-17H2,1-3H3;(H,2,3,4,5). The number of halogens is 1. The first kappa shape index (κ1) is 25.3. The Morgan fingerprint density at radius 2 is 0.913 bits per heavy atom. The minimum absolute atomic E-state index is 1.31. The topological polar surface area (TPSA) is 92.7 Å². The van der Waals surface area contributed by atoms with Gasteiger partial charge in [-0.3, -0.25) is 0 Å². The number of unbranched alkanes of at least 4 members (excludes halogenated alkanes) is 10. The van der Waals surface area contributed by atoms with Crippen molar-refractivity contribution in [3.05, 3.63) is 0 Å². The lowest BCUT2D eigenvalue weighted by Crippen LogP contribution is -2.58. The van der Waals surface area contributed by atoms with E-state index in [-0.39, 0.29) is 0 Å². The summed E-state index contributed by atoms with van der Waals surface area (Å²) in [4.78, 5) is 2.53. The molecule has 1 N–H and O–H groups in total. The maximum absolute atomic E-state index is 8.60. The molecule has 0 unspecified atom stereocenters. The maximum Gasteiger partial charge on any atom is 0.0777 e. The molecule has 0 atom stereocenters. The third-order valence-corrected chi connectivity index (χ3v) is 3.79. The molecule has 0 aliphatic carbocycles. The molecule has 0 aromatic rings. The molecule has 0 rings (SSSR count). The van der Waals surface area contributed by atoms with Crippen LogP contribution >= 0.6 is 0 Å². The van der Waals surface area contributed by atoms with Gasteiger partial charge in [0, 0.05) is 0 Å². The SMILES string of the molecule is CCCCCCCCN(C)CCCCCCCC.[O-][Cl+3]([O-])([O-])O. The van der Waals surface area contributed by atoms with Crippen molar-refractivity contribution in [2.24, 2.45) is 0 Å². The van der Waals surface area contributed by atoms with Crippen LogP contribution in [0.5, 0.6) is 0 Å². The molecule has 0 fully saturated rings. The summed E-state index contributed by atoms with van der Waals surface area (Å²) in [5, 5.41) is 0. The van der Waals surface area contributed by atoms with Crippen molar-refractivity contribution in [2.75, 3.05) is 20.1 Å². The van der Waals surface area contributed by atoms with Gasteiger partial charge in [-0.15, -0.1) is 0 Å². The molecule has 5 nitrogen and oxygen atoms in total. The van der Waals surface area contributed by atoms with Gasteiger partial charge in [0.15, 0.2) is 0 Å². The number of rotatable bonds is 14. The van der Waals surface area contributed by atoms with E-state index in [2.05, 4.69) is 25.8 Å². The Morgan fingerprint density at radius 3 is 1.22 bits per heavy atom. The minimum atomic E-state index is -4.69. The molecule has 0 aliphatic heterocycles. The monoisotopic (exact) mass is 355 g/mol. The Kier molecular flexibility index (Phi) is 20.3. The Balaban J connectivity index is 0. The molecule has 0 heterocycles. The average molecular weight is 356 g/mol. The molecule has 0 aromatic heterocycles. The molecule has 0 aromatic carbocycles. The molecular formula is C17H38ClNO4. The van der Waals surface area contributed by atoms with Crippen LogP contribution in [0.15, 0.2) is 0 Å². The van der Waals surface area contributed by atoms with Crippen LogP contribution in [0.25, 0.3) is 0 Å². The van der Waals surface area contributed by atoms with Crippen molar-refractivity contribution in [1.29, 1.82) is 0 Å². The zero-order valence-corrected chi connectivity index (χ0v) is 16.2. The van der Waals surface area contributed by atoms with Crippen molar-refractivity contribution < 1.29 is 28.9 Å². The van der Waals surface area contributed by atoms with E-state index in [0.29, 0.717) is 0 Å². The van der Waals surface area contributed by atoms with E-state index in [4.69, 9.17) is 18.6 Å². The molecule has 0 saturated carbocycles. The molecule has 0 amide bonds. The highest BCUT2D eigenvalue weighted by atomic mass is 35.7. The highest BCUT2D eigenvalue weighted by molar-refractivity contribution is 4.54. The van der Waals surface area contributed by atoms with Crippen LogP contribution in [0, 0.1) is 10.2 Å². The number of nitrogens with zero attached hydrogens (tertiary/aromatic N) is 1. The van der Waals surface area contributed by atoms with E-state index in [1.54, 1.807) is 0 Å². The second kappa shape index (κ2) is 18.4. The summed E-state index contributed by atoms with van der Waals surface area (Å²) < 4.78 is 32.7. The van der Waals surface area contributed by atoms with Crippen molar-refractivity contribution in [1.82, 2.24) is 4.90 Å². The summed E-state index contributed by atoms with van der Waals surface area (Å²) in [5.74, 6) is 0. The first-order chi connectivity index (χ1) is 10.8. The average Bonchev–Trinajstić information content (AvgIpc) is 2.44.